The van der Waals surface area contributed by atoms with Crippen molar-refractivity contribution in [3.63, 3.8) is 0 Å². The van der Waals surface area contributed by atoms with Crippen molar-refractivity contribution in [2.24, 2.45) is 0 Å². The Morgan fingerprint density at radius 3 is 2.47 bits per heavy atom. The van der Waals surface area contributed by atoms with Gasteiger partial charge in [-0.15, -0.1) is 0 Å². The molecule has 3 N–H and O–H groups in total. The van der Waals surface area contributed by atoms with Gasteiger partial charge in [-0.1, -0.05) is 12.1 Å². The molecule has 0 saturated carbocycles. The van der Waals surface area contributed by atoms with Gasteiger partial charge in [0.1, 0.15) is 18.1 Å². The summed E-state index contributed by atoms with van der Waals surface area (Å²) in [5, 5.41) is 18.5. The number of carboxylic acid groups (broad SMARTS) is 1. The van der Waals surface area contributed by atoms with Gasteiger partial charge in [0, 0.05) is 13.3 Å². The highest BCUT2D eigenvalue weighted by molar-refractivity contribution is 6.34. The molecule has 1 aromatic carbocycles. The van der Waals surface area contributed by atoms with Gasteiger partial charge in [0.25, 0.3) is 0 Å². The molecular formula is C13H16N2O4. The van der Waals surface area contributed by atoms with Crippen molar-refractivity contribution in [2.45, 2.75) is 13.3 Å². The molecule has 0 unspecified atom stereocenters. The Labute approximate surface area is 110 Å². The first-order valence-electron chi connectivity index (χ1n) is 5.76. The normalized spacial score (nSPS) is 9.74. The fourth-order valence-corrected chi connectivity index (χ4v) is 1.38. The fraction of sp³-hybridized carbons (Fsp3) is 0.308. The summed E-state index contributed by atoms with van der Waals surface area (Å²) in [4.78, 5) is 21.1. The van der Waals surface area contributed by atoms with E-state index in [1.54, 1.807) is 24.3 Å². The van der Waals surface area contributed by atoms with Crippen molar-refractivity contribution >= 4 is 17.6 Å². The average Bonchev–Trinajstić information content (AvgIpc) is 2.36. The summed E-state index contributed by atoms with van der Waals surface area (Å²) in [6, 6.07) is 6.84. The number of nitrogens with one attached hydrogen (secondary N) is 2. The third-order valence-electron chi connectivity index (χ3n) is 2.31. The highest BCUT2D eigenvalue weighted by Gasteiger charge is 2.07. The second kappa shape index (κ2) is 7.15. The molecule has 0 heterocycles. The minimum Gasteiger partial charge on any atom is -0.492 e. The Balaban J connectivity index is 2.41. The van der Waals surface area contributed by atoms with Gasteiger partial charge in [0.15, 0.2) is 0 Å². The highest BCUT2D eigenvalue weighted by atomic mass is 16.5. The summed E-state index contributed by atoms with van der Waals surface area (Å²) in [6.07, 6.45) is 0.0848. The van der Waals surface area contributed by atoms with Gasteiger partial charge in [-0.05, 0) is 17.7 Å². The van der Waals surface area contributed by atoms with Crippen LogP contribution in [-0.4, -0.2) is 35.8 Å². The van der Waals surface area contributed by atoms with E-state index in [9.17, 15) is 9.59 Å². The molecule has 6 nitrogen and oxygen atoms in total. The lowest BCUT2D eigenvalue weighted by Crippen LogP contribution is -2.25. The zero-order valence-electron chi connectivity index (χ0n) is 10.6. The molecule has 102 valence electrons. The Morgan fingerprint density at radius 1 is 1.32 bits per heavy atom. The molecule has 0 fully saturated rings. The van der Waals surface area contributed by atoms with E-state index in [0.29, 0.717) is 18.9 Å². The number of aliphatic carboxylic acids is 1. The first-order valence-corrected chi connectivity index (χ1v) is 5.76. The van der Waals surface area contributed by atoms with Crippen molar-refractivity contribution in [1.82, 2.24) is 5.32 Å². The molecule has 0 radical (unpaired) electrons. The molecule has 1 rings (SSSR count). The van der Waals surface area contributed by atoms with Crippen molar-refractivity contribution in [1.29, 1.82) is 5.41 Å². The number of benzene rings is 1. The molecule has 0 bridgehead atoms. The maximum absolute atomic E-state index is 10.6. The molecule has 1 amide bonds. The standard InChI is InChI=1S/C13H16N2O4/c1-9(16)15-6-7-19-11-4-2-10(3-5-11)8-12(14)13(17)18/h2-5,14H,6-8H2,1H3,(H,15,16)(H,17,18). The number of carbonyl (C=O) groups is 2. The van der Waals surface area contributed by atoms with Crippen LogP contribution in [0.5, 0.6) is 5.75 Å². The van der Waals surface area contributed by atoms with Crippen molar-refractivity contribution < 1.29 is 19.4 Å². The van der Waals surface area contributed by atoms with E-state index in [4.69, 9.17) is 15.3 Å². The monoisotopic (exact) mass is 264 g/mol. The quantitative estimate of drug-likeness (QED) is 0.502. The van der Waals surface area contributed by atoms with Gasteiger partial charge in [-0.3, -0.25) is 10.2 Å². The summed E-state index contributed by atoms with van der Waals surface area (Å²) >= 11 is 0. The summed E-state index contributed by atoms with van der Waals surface area (Å²) in [5.74, 6) is -0.683. The third-order valence-corrected chi connectivity index (χ3v) is 2.31. The third kappa shape index (κ3) is 5.67. The molecule has 19 heavy (non-hydrogen) atoms. The predicted molar refractivity (Wildman–Crippen MR) is 69.7 cm³/mol. The van der Waals surface area contributed by atoms with E-state index in [0.717, 1.165) is 5.56 Å². The molecule has 0 spiro atoms. The number of ether oxygens (including phenoxy) is 1. The lowest BCUT2D eigenvalue weighted by atomic mass is 10.1. The molecule has 0 saturated heterocycles. The van der Waals surface area contributed by atoms with Crippen LogP contribution < -0.4 is 10.1 Å². The van der Waals surface area contributed by atoms with E-state index in [2.05, 4.69) is 5.32 Å². The second-order valence-electron chi connectivity index (χ2n) is 3.94. The fourth-order valence-electron chi connectivity index (χ4n) is 1.38. The van der Waals surface area contributed by atoms with Gasteiger partial charge in [0.05, 0.1) is 6.54 Å². The van der Waals surface area contributed by atoms with Crippen LogP contribution in [0.2, 0.25) is 0 Å². The van der Waals surface area contributed by atoms with Crippen molar-refractivity contribution in [3.8, 4) is 5.75 Å². The van der Waals surface area contributed by atoms with E-state index in [1.165, 1.54) is 6.92 Å². The first kappa shape index (κ1) is 14.7. The van der Waals surface area contributed by atoms with Gasteiger partial charge in [-0.25, -0.2) is 4.79 Å². The topological polar surface area (TPSA) is 99.5 Å². The molecule has 6 heteroatoms. The van der Waals surface area contributed by atoms with Crippen molar-refractivity contribution in [3.05, 3.63) is 29.8 Å². The maximum atomic E-state index is 10.6. The summed E-state index contributed by atoms with van der Waals surface area (Å²) in [6.45, 7) is 2.23. The molecule has 0 atom stereocenters. The predicted octanol–water partition coefficient (Wildman–Crippen LogP) is 0.848. The zero-order valence-corrected chi connectivity index (χ0v) is 10.6. The first-order chi connectivity index (χ1) is 8.99. The number of carbonyl (C=O) groups excluding carboxylic acids is 1. The van der Waals surface area contributed by atoms with E-state index in [-0.39, 0.29) is 18.0 Å². The van der Waals surface area contributed by atoms with E-state index >= 15 is 0 Å². The van der Waals surface area contributed by atoms with E-state index < -0.39 is 5.97 Å². The van der Waals surface area contributed by atoms with Crippen LogP contribution in [0.25, 0.3) is 0 Å². The van der Waals surface area contributed by atoms with Crippen molar-refractivity contribution in [2.75, 3.05) is 13.2 Å². The Morgan fingerprint density at radius 2 is 1.95 bits per heavy atom. The Kier molecular flexibility index (Phi) is 5.53. The average molecular weight is 264 g/mol. The van der Waals surface area contributed by atoms with Gasteiger partial charge >= 0.3 is 5.97 Å². The van der Waals surface area contributed by atoms with Crippen LogP contribution in [0.1, 0.15) is 12.5 Å². The molecule has 0 aliphatic carbocycles. The summed E-state index contributed by atoms with van der Waals surface area (Å²) < 4.78 is 5.38. The lowest BCUT2D eigenvalue weighted by Gasteiger charge is -2.07. The van der Waals surface area contributed by atoms with Gasteiger partial charge in [0.2, 0.25) is 5.91 Å². The minimum atomic E-state index is -1.21. The van der Waals surface area contributed by atoms with E-state index in [1.807, 2.05) is 0 Å². The van der Waals surface area contributed by atoms with Crippen LogP contribution in [0.4, 0.5) is 0 Å². The molecule has 0 aliphatic rings. The number of rotatable bonds is 7. The number of hydrogen-bond donors (Lipinski definition) is 3. The van der Waals surface area contributed by atoms with Crippen LogP contribution in [0, 0.1) is 5.41 Å². The Hall–Kier alpha value is -2.37. The van der Waals surface area contributed by atoms with Gasteiger partial charge < -0.3 is 15.2 Å². The zero-order chi connectivity index (χ0) is 14.3. The molecule has 1 aromatic rings. The van der Waals surface area contributed by atoms with Crippen LogP contribution in [0.15, 0.2) is 24.3 Å². The Bertz CT molecular complexity index is 468. The second-order valence-corrected chi connectivity index (χ2v) is 3.94. The number of amides is 1. The smallest absolute Gasteiger partial charge is 0.349 e. The largest absolute Gasteiger partial charge is 0.492 e. The van der Waals surface area contributed by atoms with Crippen LogP contribution in [-0.2, 0) is 16.0 Å². The summed E-state index contributed by atoms with van der Waals surface area (Å²) in [7, 11) is 0. The minimum absolute atomic E-state index is 0.0848. The maximum Gasteiger partial charge on any atom is 0.349 e. The summed E-state index contributed by atoms with van der Waals surface area (Å²) in [5.41, 5.74) is 0.390. The number of hydrogen-bond acceptors (Lipinski definition) is 4. The van der Waals surface area contributed by atoms with Crippen LogP contribution in [0.3, 0.4) is 0 Å². The lowest BCUT2D eigenvalue weighted by molar-refractivity contribution is -0.129. The number of carboxylic acids is 1. The molecular weight excluding hydrogens is 248 g/mol. The molecule has 0 aliphatic heterocycles. The SMILES string of the molecule is CC(=O)NCCOc1ccc(CC(=N)C(=O)O)cc1. The highest BCUT2D eigenvalue weighted by Crippen LogP contribution is 2.12. The molecule has 0 aromatic heterocycles. The van der Waals surface area contributed by atoms with Crippen LogP contribution >= 0.6 is 0 Å². The van der Waals surface area contributed by atoms with Gasteiger partial charge in [-0.2, -0.15) is 0 Å².